The molecule has 0 saturated carbocycles. The van der Waals surface area contributed by atoms with Crippen molar-refractivity contribution in [2.45, 2.75) is 36.6 Å². The molecule has 0 atom stereocenters. The Balaban J connectivity index is 1.53. The van der Waals surface area contributed by atoms with Gasteiger partial charge in [-0.25, -0.2) is 9.97 Å². The van der Waals surface area contributed by atoms with Crippen LogP contribution in [0.25, 0.3) is 0 Å². The Morgan fingerprint density at radius 2 is 1.96 bits per heavy atom. The fourth-order valence-corrected chi connectivity index (χ4v) is 4.21. The summed E-state index contributed by atoms with van der Waals surface area (Å²) in [5.74, 6) is 1.87. The molecule has 27 heavy (non-hydrogen) atoms. The molecule has 0 aliphatic carbocycles. The van der Waals surface area contributed by atoms with Crippen molar-refractivity contribution in [1.29, 1.82) is 0 Å². The molecule has 1 amide bonds. The molecule has 1 aromatic carbocycles. The predicted molar refractivity (Wildman–Crippen MR) is 108 cm³/mol. The molecular weight excluding hydrogens is 380 g/mol. The van der Waals surface area contributed by atoms with Crippen molar-refractivity contribution in [3.63, 3.8) is 0 Å². The van der Waals surface area contributed by atoms with Crippen LogP contribution in [-0.4, -0.2) is 26.8 Å². The van der Waals surface area contributed by atoms with Gasteiger partial charge in [-0.05, 0) is 62.4 Å². The van der Waals surface area contributed by atoms with Gasteiger partial charge in [-0.1, -0.05) is 5.16 Å². The van der Waals surface area contributed by atoms with Crippen molar-refractivity contribution in [2.75, 3.05) is 11.1 Å². The fourth-order valence-electron chi connectivity index (χ4n) is 2.42. The Morgan fingerprint density at radius 3 is 2.63 bits per heavy atom. The minimum absolute atomic E-state index is 0.0262. The summed E-state index contributed by atoms with van der Waals surface area (Å²) in [5, 5.41) is 7.60. The van der Waals surface area contributed by atoms with E-state index in [1.165, 1.54) is 11.8 Å². The van der Waals surface area contributed by atoms with Gasteiger partial charge >= 0.3 is 0 Å². The normalized spacial score (nSPS) is 10.8. The van der Waals surface area contributed by atoms with E-state index in [0.717, 1.165) is 33.2 Å². The number of amides is 1. The van der Waals surface area contributed by atoms with Crippen molar-refractivity contribution in [2.24, 2.45) is 0 Å². The van der Waals surface area contributed by atoms with Gasteiger partial charge in [0, 0.05) is 34.3 Å². The standard InChI is InChI=1S/C19H20N4O2S2/c1-12-9-15(27-19-20-7-4-8-21-19)5-6-17(12)22-18(24)11-26-10-16-13(2)23-25-14(16)3/h4-9H,10-11H2,1-3H3,(H,22,24). The number of benzene rings is 1. The van der Waals surface area contributed by atoms with E-state index in [9.17, 15) is 4.79 Å². The molecule has 8 heteroatoms. The van der Waals surface area contributed by atoms with Crippen LogP contribution in [0, 0.1) is 20.8 Å². The second kappa shape index (κ2) is 9.05. The minimum Gasteiger partial charge on any atom is -0.361 e. The molecule has 0 aliphatic rings. The van der Waals surface area contributed by atoms with E-state index in [2.05, 4.69) is 20.4 Å². The minimum atomic E-state index is -0.0262. The Morgan fingerprint density at radius 1 is 1.19 bits per heavy atom. The van der Waals surface area contributed by atoms with Crippen LogP contribution in [0.1, 0.15) is 22.6 Å². The van der Waals surface area contributed by atoms with Crippen LogP contribution < -0.4 is 5.32 Å². The van der Waals surface area contributed by atoms with Crippen LogP contribution >= 0.6 is 23.5 Å². The zero-order chi connectivity index (χ0) is 19.2. The van der Waals surface area contributed by atoms with Gasteiger partial charge < -0.3 is 9.84 Å². The molecule has 0 saturated heterocycles. The number of aromatic nitrogens is 3. The molecule has 0 spiro atoms. The number of carbonyl (C=O) groups is 1. The number of carbonyl (C=O) groups excluding carboxylic acids is 1. The Hall–Kier alpha value is -2.32. The molecule has 0 radical (unpaired) electrons. The van der Waals surface area contributed by atoms with Crippen molar-refractivity contribution < 1.29 is 9.32 Å². The fraction of sp³-hybridized carbons (Fsp3) is 0.263. The van der Waals surface area contributed by atoms with E-state index in [1.54, 1.807) is 30.2 Å². The monoisotopic (exact) mass is 400 g/mol. The molecule has 140 valence electrons. The quantitative estimate of drug-likeness (QED) is 0.588. The first-order valence-corrected chi connectivity index (χ1v) is 10.3. The first-order valence-electron chi connectivity index (χ1n) is 8.38. The largest absolute Gasteiger partial charge is 0.361 e. The Labute approximate surface area is 166 Å². The number of hydrogen-bond acceptors (Lipinski definition) is 7. The third kappa shape index (κ3) is 5.33. The second-order valence-electron chi connectivity index (χ2n) is 5.95. The van der Waals surface area contributed by atoms with Crippen LogP contribution in [0.2, 0.25) is 0 Å². The summed E-state index contributed by atoms with van der Waals surface area (Å²) in [4.78, 5) is 21.7. The average Bonchev–Trinajstić information content (AvgIpc) is 2.97. The van der Waals surface area contributed by atoms with E-state index in [0.29, 0.717) is 16.7 Å². The highest BCUT2D eigenvalue weighted by molar-refractivity contribution is 7.99. The lowest BCUT2D eigenvalue weighted by Crippen LogP contribution is -2.15. The number of nitrogens with one attached hydrogen (secondary N) is 1. The van der Waals surface area contributed by atoms with Crippen molar-refractivity contribution in [1.82, 2.24) is 15.1 Å². The van der Waals surface area contributed by atoms with Crippen LogP contribution in [0.15, 0.2) is 51.2 Å². The Kier molecular flexibility index (Phi) is 6.52. The maximum atomic E-state index is 12.2. The molecule has 2 aromatic heterocycles. The zero-order valence-corrected chi connectivity index (χ0v) is 17.0. The van der Waals surface area contributed by atoms with Crippen molar-refractivity contribution in [3.05, 3.63) is 59.2 Å². The van der Waals surface area contributed by atoms with Crippen LogP contribution in [0.5, 0.6) is 0 Å². The Bertz CT molecular complexity index is 909. The lowest BCUT2D eigenvalue weighted by Gasteiger charge is -2.10. The SMILES string of the molecule is Cc1cc(Sc2ncccn2)ccc1NC(=O)CSCc1c(C)noc1C. The number of aryl methyl sites for hydroxylation is 3. The topological polar surface area (TPSA) is 80.9 Å². The maximum Gasteiger partial charge on any atom is 0.234 e. The number of nitrogens with zero attached hydrogens (tertiary/aromatic N) is 3. The third-order valence-corrected chi connectivity index (χ3v) is 5.73. The van der Waals surface area contributed by atoms with Gasteiger partial charge in [0.15, 0.2) is 5.16 Å². The molecule has 0 bridgehead atoms. The van der Waals surface area contributed by atoms with E-state index >= 15 is 0 Å². The molecule has 0 aliphatic heterocycles. The van der Waals surface area contributed by atoms with Crippen LogP contribution in [0.3, 0.4) is 0 Å². The smallest absolute Gasteiger partial charge is 0.234 e. The van der Waals surface area contributed by atoms with Gasteiger partial charge in [0.05, 0.1) is 11.4 Å². The highest BCUT2D eigenvalue weighted by Crippen LogP contribution is 2.28. The van der Waals surface area contributed by atoms with Gasteiger partial charge in [0.2, 0.25) is 5.91 Å². The summed E-state index contributed by atoms with van der Waals surface area (Å²) in [6.07, 6.45) is 3.44. The van der Waals surface area contributed by atoms with E-state index in [-0.39, 0.29) is 5.91 Å². The molecule has 0 fully saturated rings. The number of hydrogen-bond donors (Lipinski definition) is 1. The molecule has 2 heterocycles. The molecule has 3 aromatic rings. The molecule has 0 unspecified atom stereocenters. The van der Waals surface area contributed by atoms with Crippen molar-refractivity contribution in [3.8, 4) is 0 Å². The van der Waals surface area contributed by atoms with Gasteiger partial charge in [-0.3, -0.25) is 4.79 Å². The summed E-state index contributed by atoms with van der Waals surface area (Å²) in [6, 6.07) is 7.68. The maximum absolute atomic E-state index is 12.2. The number of rotatable bonds is 7. The summed E-state index contributed by atoms with van der Waals surface area (Å²) < 4.78 is 5.14. The van der Waals surface area contributed by atoms with E-state index in [4.69, 9.17) is 4.52 Å². The molecule has 6 nitrogen and oxygen atoms in total. The zero-order valence-electron chi connectivity index (χ0n) is 15.4. The molecule has 3 rings (SSSR count). The second-order valence-corrected chi connectivity index (χ2v) is 7.98. The van der Waals surface area contributed by atoms with Crippen LogP contribution in [-0.2, 0) is 10.5 Å². The molecule has 1 N–H and O–H groups in total. The first-order chi connectivity index (χ1) is 13.0. The van der Waals surface area contributed by atoms with Gasteiger partial charge in [-0.15, -0.1) is 11.8 Å². The predicted octanol–water partition coefficient (Wildman–Crippen LogP) is 4.41. The third-order valence-electron chi connectivity index (χ3n) is 3.88. The number of anilines is 1. The van der Waals surface area contributed by atoms with Gasteiger partial charge in [0.25, 0.3) is 0 Å². The number of thioether (sulfide) groups is 1. The van der Waals surface area contributed by atoms with Crippen molar-refractivity contribution >= 4 is 35.1 Å². The van der Waals surface area contributed by atoms with Gasteiger partial charge in [0.1, 0.15) is 5.76 Å². The first kappa shape index (κ1) is 19.4. The highest BCUT2D eigenvalue weighted by Gasteiger charge is 2.11. The molecular formula is C19H20N4O2S2. The summed E-state index contributed by atoms with van der Waals surface area (Å²) in [7, 11) is 0. The summed E-state index contributed by atoms with van der Waals surface area (Å²) >= 11 is 3.04. The summed E-state index contributed by atoms with van der Waals surface area (Å²) in [6.45, 7) is 5.78. The lowest BCUT2D eigenvalue weighted by molar-refractivity contribution is -0.113. The van der Waals surface area contributed by atoms with E-state index < -0.39 is 0 Å². The summed E-state index contributed by atoms with van der Waals surface area (Å²) in [5.41, 5.74) is 3.76. The van der Waals surface area contributed by atoms with E-state index in [1.807, 2.05) is 39.0 Å². The van der Waals surface area contributed by atoms with Gasteiger partial charge in [-0.2, -0.15) is 0 Å². The van der Waals surface area contributed by atoms with Crippen LogP contribution in [0.4, 0.5) is 5.69 Å². The lowest BCUT2D eigenvalue weighted by atomic mass is 10.2. The highest BCUT2D eigenvalue weighted by atomic mass is 32.2. The average molecular weight is 401 g/mol.